The van der Waals surface area contributed by atoms with E-state index in [1.165, 1.54) is 35.4 Å². The van der Waals surface area contributed by atoms with E-state index in [1.807, 2.05) is 42.0 Å². The van der Waals surface area contributed by atoms with Crippen LogP contribution in [-0.4, -0.2) is 12.2 Å². The highest BCUT2D eigenvalue weighted by Gasteiger charge is 2.11. The summed E-state index contributed by atoms with van der Waals surface area (Å²) >= 11 is 2.86. The number of nitrogens with one attached hydrogen (secondary N) is 2. The van der Waals surface area contributed by atoms with Gasteiger partial charge in [0, 0.05) is 17.6 Å². The molecule has 0 unspecified atom stereocenters. The molecule has 0 saturated carbocycles. The van der Waals surface area contributed by atoms with Crippen LogP contribution in [-0.2, 0) is 0 Å². The van der Waals surface area contributed by atoms with Crippen LogP contribution in [0, 0.1) is 5.82 Å². The second-order valence-corrected chi connectivity index (χ2v) is 6.57. The fourth-order valence-electron chi connectivity index (χ4n) is 2.22. The van der Waals surface area contributed by atoms with E-state index < -0.39 is 0 Å². The van der Waals surface area contributed by atoms with Gasteiger partial charge in [0.05, 0.1) is 4.88 Å². The van der Waals surface area contributed by atoms with Crippen LogP contribution in [0.25, 0.3) is 11.1 Å². The molecule has 6 heteroatoms. The number of rotatable bonds is 5. The number of anilines is 2. The zero-order chi connectivity index (χ0) is 16.9. The average Bonchev–Trinajstić information content (AvgIpc) is 3.06. The van der Waals surface area contributed by atoms with Gasteiger partial charge in [0.2, 0.25) is 0 Å². The highest BCUT2D eigenvalue weighted by Crippen LogP contribution is 2.27. The van der Waals surface area contributed by atoms with Gasteiger partial charge in [-0.2, -0.15) is 0 Å². The Labute approximate surface area is 148 Å². The van der Waals surface area contributed by atoms with Crippen LogP contribution >= 0.6 is 23.3 Å². The molecule has 0 fully saturated rings. The number of hydrogen-bond donors (Lipinski definition) is 2. The van der Waals surface area contributed by atoms with Gasteiger partial charge >= 0.3 is 0 Å². The van der Waals surface area contributed by atoms with E-state index in [-0.39, 0.29) is 11.7 Å². The third kappa shape index (κ3) is 3.96. The molecule has 0 radical (unpaired) electrons. The standard InChI is InChI=1S/C18H15FN2OS2/c1-23-21-16-4-2-3-15(10-16)20-18(22)17-9-13(11-24-17)12-5-7-14(19)8-6-12/h2-11,21H,1H3,(H,20,22). The molecule has 0 aliphatic carbocycles. The average molecular weight is 358 g/mol. The quantitative estimate of drug-likeness (QED) is 0.592. The van der Waals surface area contributed by atoms with E-state index in [9.17, 15) is 9.18 Å². The maximum atomic E-state index is 13.0. The number of thiophene rings is 1. The Morgan fingerprint density at radius 1 is 1.04 bits per heavy atom. The smallest absolute Gasteiger partial charge is 0.265 e. The molecule has 3 aromatic rings. The summed E-state index contributed by atoms with van der Waals surface area (Å²) in [5.41, 5.74) is 3.45. The van der Waals surface area contributed by atoms with Crippen molar-refractivity contribution in [2.24, 2.45) is 0 Å². The van der Waals surface area contributed by atoms with Crippen molar-refractivity contribution in [3.8, 4) is 11.1 Å². The summed E-state index contributed by atoms with van der Waals surface area (Å²) in [6.07, 6.45) is 1.94. The minimum absolute atomic E-state index is 0.158. The third-order valence-electron chi connectivity index (χ3n) is 3.34. The van der Waals surface area contributed by atoms with Crippen LogP contribution in [0.1, 0.15) is 9.67 Å². The maximum Gasteiger partial charge on any atom is 0.265 e. The fraction of sp³-hybridized carbons (Fsp3) is 0.0556. The predicted octanol–water partition coefficient (Wildman–Crippen LogP) is 5.50. The minimum Gasteiger partial charge on any atom is -0.330 e. The molecule has 0 bridgehead atoms. The summed E-state index contributed by atoms with van der Waals surface area (Å²) in [6.45, 7) is 0. The van der Waals surface area contributed by atoms with Crippen molar-refractivity contribution < 1.29 is 9.18 Å². The Morgan fingerprint density at radius 2 is 1.79 bits per heavy atom. The molecule has 0 saturated heterocycles. The summed E-state index contributed by atoms with van der Waals surface area (Å²) in [5.74, 6) is -0.430. The molecule has 0 atom stereocenters. The van der Waals surface area contributed by atoms with Gasteiger partial charge in [-0.25, -0.2) is 4.39 Å². The highest BCUT2D eigenvalue weighted by molar-refractivity contribution is 7.99. The Hall–Kier alpha value is -2.31. The van der Waals surface area contributed by atoms with E-state index in [0.29, 0.717) is 4.88 Å². The molecule has 0 aliphatic rings. The van der Waals surface area contributed by atoms with Crippen molar-refractivity contribution in [1.82, 2.24) is 0 Å². The van der Waals surface area contributed by atoms with Gasteiger partial charge in [0.25, 0.3) is 5.91 Å². The van der Waals surface area contributed by atoms with E-state index in [2.05, 4.69) is 10.0 Å². The van der Waals surface area contributed by atoms with Gasteiger partial charge in [0.15, 0.2) is 0 Å². The molecule has 0 spiro atoms. The first-order chi connectivity index (χ1) is 11.7. The number of carbonyl (C=O) groups is 1. The van der Waals surface area contributed by atoms with E-state index in [0.717, 1.165) is 22.5 Å². The molecule has 3 nitrogen and oxygen atoms in total. The largest absolute Gasteiger partial charge is 0.330 e. The normalized spacial score (nSPS) is 10.4. The summed E-state index contributed by atoms with van der Waals surface area (Å²) < 4.78 is 16.1. The monoisotopic (exact) mass is 358 g/mol. The molecule has 1 amide bonds. The van der Waals surface area contributed by atoms with Crippen LogP contribution < -0.4 is 10.0 Å². The second-order valence-electron chi connectivity index (χ2n) is 5.05. The molecular weight excluding hydrogens is 343 g/mol. The van der Waals surface area contributed by atoms with Crippen molar-refractivity contribution in [1.29, 1.82) is 0 Å². The Bertz CT molecular complexity index is 846. The topological polar surface area (TPSA) is 41.1 Å². The lowest BCUT2D eigenvalue weighted by molar-refractivity contribution is 0.103. The van der Waals surface area contributed by atoms with E-state index in [1.54, 1.807) is 12.1 Å². The molecule has 2 N–H and O–H groups in total. The number of carbonyl (C=O) groups excluding carboxylic acids is 1. The lowest BCUT2D eigenvalue weighted by atomic mass is 10.1. The summed E-state index contributed by atoms with van der Waals surface area (Å²) in [6, 6.07) is 15.6. The summed E-state index contributed by atoms with van der Waals surface area (Å²) in [5, 5.41) is 4.79. The first kappa shape index (κ1) is 16.5. The van der Waals surface area contributed by atoms with Gasteiger partial charge in [-0.15, -0.1) is 11.3 Å². The van der Waals surface area contributed by atoms with Gasteiger partial charge < -0.3 is 10.0 Å². The van der Waals surface area contributed by atoms with Gasteiger partial charge in [-0.1, -0.05) is 30.1 Å². The van der Waals surface area contributed by atoms with Crippen molar-refractivity contribution in [2.75, 3.05) is 16.3 Å². The lowest BCUT2D eigenvalue weighted by Gasteiger charge is -2.06. The molecular formula is C18H15FN2OS2. The van der Waals surface area contributed by atoms with Crippen molar-refractivity contribution in [3.05, 3.63) is 70.7 Å². The number of halogens is 1. The molecule has 1 heterocycles. The van der Waals surface area contributed by atoms with Crippen molar-refractivity contribution >= 4 is 40.6 Å². The molecule has 2 aromatic carbocycles. The fourth-order valence-corrected chi connectivity index (χ4v) is 3.39. The molecule has 24 heavy (non-hydrogen) atoms. The third-order valence-corrected chi connectivity index (χ3v) is 4.71. The van der Waals surface area contributed by atoms with Crippen LogP contribution in [0.2, 0.25) is 0 Å². The van der Waals surface area contributed by atoms with Crippen molar-refractivity contribution in [3.63, 3.8) is 0 Å². The molecule has 3 rings (SSSR count). The SMILES string of the molecule is CSNc1cccc(NC(=O)c2cc(-c3ccc(F)cc3)cs2)c1. The number of hydrogen-bond acceptors (Lipinski definition) is 4. The predicted molar refractivity (Wildman–Crippen MR) is 101 cm³/mol. The van der Waals surface area contributed by atoms with E-state index in [4.69, 9.17) is 0 Å². The second kappa shape index (κ2) is 7.51. The van der Waals surface area contributed by atoms with Crippen molar-refractivity contribution in [2.45, 2.75) is 0 Å². The lowest BCUT2D eigenvalue weighted by Crippen LogP contribution is -2.10. The number of amides is 1. The van der Waals surface area contributed by atoms with Gasteiger partial charge in [-0.3, -0.25) is 4.79 Å². The van der Waals surface area contributed by atoms with Gasteiger partial charge in [0.1, 0.15) is 5.82 Å². The van der Waals surface area contributed by atoms with Crippen LogP contribution in [0.3, 0.4) is 0 Å². The Morgan fingerprint density at radius 3 is 2.54 bits per heavy atom. The minimum atomic E-state index is -0.273. The highest BCUT2D eigenvalue weighted by atomic mass is 32.2. The van der Waals surface area contributed by atoms with Crippen LogP contribution in [0.5, 0.6) is 0 Å². The maximum absolute atomic E-state index is 13.0. The zero-order valence-corrected chi connectivity index (χ0v) is 14.5. The van der Waals surface area contributed by atoms with E-state index >= 15 is 0 Å². The van der Waals surface area contributed by atoms with Gasteiger partial charge in [-0.05, 0) is 52.9 Å². The first-order valence-corrected chi connectivity index (χ1v) is 9.31. The zero-order valence-electron chi connectivity index (χ0n) is 12.9. The first-order valence-electron chi connectivity index (χ1n) is 7.20. The summed E-state index contributed by atoms with van der Waals surface area (Å²) in [4.78, 5) is 13.0. The summed E-state index contributed by atoms with van der Waals surface area (Å²) in [7, 11) is 0. The van der Waals surface area contributed by atoms with Crippen LogP contribution in [0.15, 0.2) is 60.0 Å². The Kier molecular flexibility index (Phi) is 5.17. The molecule has 1 aromatic heterocycles. The molecule has 0 aliphatic heterocycles. The number of benzene rings is 2. The molecule has 122 valence electrons. The van der Waals surface area contributed by atoms with Crippen LogP contribution in [0.4, 0.5) is 15.8 Å². The Balaban J connectivity index is 1.74.